The van der Waals surface area contributed by atoms with Crippen LogP contribution in [0.1, 0.15) is 21.5 Å². The van der Waals surface area contributed by atoms with Crippen LogP contribution in [0.2, 0.25) is 5.02 Å². The minimum Gasteiger partial charge on any atom is -0.348 e. The molecular formula is C22H20ClFN2O3S. The van der Waals surface area contributed by atoms with Crippen LogP contribution in [0.15, 0.2) is 72.8 Å². The van der Waals surface area contributed by atoms with Gasteiger partial charge in [0.2, 0.25) is 10.0 Å². The Kier molecular flexibility index (Phi) is 6.74. The zero-order chi connectivity index (χ0) is 21.7. The molecule has 0 atom stereocenters. The minimum absolute atomic E-state index is 0.0733. The number of rotatable bonds is 7. The summed E-state index contributed by atoms with van der Waals surface area (Å²) in [6.45, 7) is 0.167. The first-order chi connectivity index (χ1) is 14.2. The maximum Gasteiger partial charge on any atom is 0.251 e. The second-order valence-corrected chi connectivity index (χ2v) is 9.06. The second-order valence-electron chi connectivity index (χ2n) is 6.72. The third kappa shape index (κ3) is 5.58. The minimum atomic E-state index is -3.54. The molecule has 30 heavy (non-hydrogen) atoms. The van der Waals surface area contributed by atoms with Crippen LogP contribution in [0.4, 0.5) is 10.1 Å². The molecule has 0 aliphatic rings. The van der Waals surface area contributed by atoms with E-state index in [0.29, 0.717) is 27.4 Å². The molecule has 0 aromatic heterocycles. The number of nitrogens with zero attached hydrogens (tertiary/aromatic N) is 1. The maximum atomic E-state index is 13.7. The summed E-state index contributed by atoms with van der Waals surface area (Å²) in [4.78, 5) is 12.3. The van der Waals surface area contributed by atoms with Crippen molar-refractivity contribution in [3.63, 3.8) is 0 Å². The predicted molar refractivity (Wildman–Crippen MR) is 116 cm³/mol. The lowest BCUT2D eigenvalue weighted by Crippen LogP contribution is -2.29. The van der Waals surface area contributed by atoms with Gasteiger partial charge in [-0.1, -0.05) is 48.0 Å². The third-order valence-corrected chi connectivity index (χ3v) is 5.81. The van der Waals surface area contributed by atoms with Gasteiger partial charge in [-0.2, -0.15) is 0 Å². The highest BCUT2D eigenvalue weighted by molar-refractivity contribution is 7.92. The number of sulfonamides is 1. The zero-order valence-corrected chi connectivity index (χ0v) is 17.8. The molecular weight excluding hydrogens is 427 g/mol. The van der Waals surface area contributed by atoms with Crippen molar-refractivity contribution in [2.45, 2.75) is 13.1 Å². The molecule has 1 amide bonds. The lowest BCUT2D eigenvalue weighted by Gasteiger charge is -2.22. The van der Waals surface area contributed by atoms with E-state index < -0.39 is 10.0 Å². The lowest BCUT2D eigenvalue weighted by atomic mass is 10.1. The van der Waals surface area contributed by atoms with E-state index in [1.165, 1.54) is 10.4 Å². The van der Waals surface area contributed by atoms with Gasteiger partial charge in [-0.25, -0.2) is 12.8 Å². The number of halogens is 2. The standard InChI is InChI=1S/C22H20ClFN2O3S/c1-30(28,29)26(20-7-4-6-19(23)13-20)15-16-9-11-17(12-10-16)22(27)25-14-18-5-2-3-8-21(18)24/h2-13H,14-15H2,1H3,(H,25,27). The van der Waals surface area contributed by atoms with Gasteiger partial charge in [-0.3, -0.25) is 9.10 Å². The fraction of sp³-hybridized carbons (Fsp3) is 0.136. The van der Waals surface area contributed by atoms with E-state index in [-0.39, 0.29) is 24.8 Å². The molecule has 0 aliphatic heterocycles. The van der Waals surface area contributed by atoms with Crippen molar-refractivity contribution >= 4 is 33.2 Å². The molecule has 3 aromatic carbocycles. The van der Waals surface area contributed by atoms with E-state index in [9.17, 15) is 17.6 Å². The van der Waals surface area contributed by atoms with Crippen LogP contribution in [0.5, 0.6) is 0 Å². The topological polar surface area (TPSA) is 66.5 Å². The van der Waals surface area contributed by atoms with Crippen LogP contribution in [0.3, 0.4) is 0 Å². The predicted octanol–water partition coefficient (Wildman–Crippen LogP) is 4.38. The number of carbonyl (C=O) groups excluding carboxylic acids is 1. The normalized spacial score (nSPS) is 11.2. The Hall–Kier alpha value is -2.90. The molecule has 5 nitrogen and oxygen atoms in total. The van der Waals surface area contributed by atoms with Crippen LogP contribution < -0.4 is 9.62 Å². The van der Waals surface area contributed by atoms with E-state index in [4.69, 9.17) is 11.6 Å². The number of nitrogens with one attached hydrogen (secondary N) is 1. The van der Waals surface area contributed by atoms with E-state index in [2.05, 4.69) is 5.32 Å². The molecule has 8 heteroatoms. The number of amides is 1. The van der Waals surface area contributed by atoms with Crippen molar-refractivity contribution in [1.82, 2.24) is 5.32 Å². The van der Waals surface area contributed by atoms with Gasteiger partial charge >= 0.3 is 0 Å². The van der Waals surface area contributed by atoms with Crippen LogP contribution in [0.25, 0.3) is 0 Å². The highest BCUT2D eigenvalue weighted by atomic mass is 35.5. The monoisotopic (exact) mass is 446 g/mol. The van der Waals surface area contributed by atoms with Crippen LogP contribution in [0, 0.1) is 5.82 Å². The fourth-order valence-electron chi connectivity index (χ4n) is 2.88. The Bertz CT molecular complexity index is 1150. The van der Waals surface area contributed by atoms with Crippen molar-refractivity contribution in [1.29, 1.82) is 0 Å². The average Bonchev–Trinajstić information content (AvgIpc) is 2.71. The molecule has 0 fully saturated rings. The zero-order valence-electron chi connectivity index (χ0n) is 16.2. The highest BCUT2D eigenvalue weighted by Crippen LogP contribution is 2.24. The van der Waals surface area contributed by atoms with Gasteiger partial charge in [0, 0.05) is 22.7 Å². The molecule has 0 saturated carbocycles. The summed E-state index contributed by atoms with van der Waals surface area (Å²) in [5.41, 5.74) is 1.94. The molecule has 3 rings (SSSR count). The third-order valence-electron chi connectivity index (χ3n) is 4.44. The van der Waals surface area contributed by atoms with Gasteiger partial charge in [-0.15, -0.1) is 0 Å². The number of benzene rings is 3. The molecule has 1 N–H and O–H groups in total. The molecule has 0 unspecified atom stereocenters. The van der Waals surface area contributed by atoms with Gasteiger partial charge < -0.3 is 5.32 Å². The summed E-state index contributed by atoms with van der Waals surface area (Å²) in [5, 5.41) is 3.11. The SMILES string of the molecule is CS(=O)(=O)N(Cc1ccc(C(=O)NCc2ccccc2F)cc1)c1cccc(Cl)c1. The summed E-state index contributed by atoms with van der Waals surface area (Å²) in [5.74, 6) is -0.727. The summed E-state index contributed by atoms with van der Waals surface area (Å²) < 4.78 is 39.4. The quantitative estimate of drug-likeness (QED) is 0.585. The molecule has 0 saturated heterocycles. The van der Waals surface area contributed by atoms with E-state index in [1.807, 2.05) is 0 Å². The van der Waals surface area contributed by atoms with Gasteiger partial charge in [0.1, 0.15) is 5.82 Å². The van der Waals surface area contributed by atoms with Crippen LogP contribution in [-0.4, -0.2) is 20.6 Å². The molecule has 0 aliphatic carbocycles. The number of anilines is 1. The molecule has 0 bridgehead atoms. The molecule has 0 spiro atoms. The maximum absolute atomic E-state index is 13.7. The van der Waals surface area contributed by atoms with Gasteiger partial charge in [-0.05, 0) is 42.0 Å². The second kappa shape index (κ2) is 9.28. The Morgan fingerprint density at radius 2 is 1.73 bits per heavy atom. The number of hydrogen-bond donors (Lipinski definition) is 1. The summed E-state index contributed by atoms with van der Waals surface area (Å²) in [7, 11) is -3.54. The number of hydrogen-bond acceptors (Lipinski definition) is 3. The van der Waals surface area contributed by atoms with E-state index in [1.54, 1.807) is 66.7 Å². The van der Waals surface area contributed by atoms with Gasteiger partial charge in [0.25, 0.3) is 5.91 Å². The van der Waals surface area contributed by atoms with Crippen LogP contribution >= 0.6 is 11.6 Å². The first-order valence-corrected chi connectivity index (χ1v) is 11.3. The average molecular weight is 447 g/mol. The van der Waals surface area contributed by atoms with Crippen molar-refractivity contribution < 1.29 is 17.6 Å². The van der Waals surface area contributed by atoms with Gasteiger partial charge in [0.15, 0.2) is 0 Å². The Morgan fingerprint density at radius 1 is 1.03 bits per heavy atom. The smallest absolute Gasteiger partial charge is 0.251 e. The van der Waals surface area contributed by atoms with Crippen molar-refractivity contribution in [3.8, 4) is 0 Å². The molecule has 3 aromatic rings. The summed E-state index contributed by atoms with van der Waals surface area (Å²) in [6, 6.07) is 19.4. The van der Waals surface area contributed by atoms with Crippen molar-refractivity contribution in [2.24, 2.45) is 0 Å². The van der Waals surface area contributed by atoms with E-state index in [0.717, 1.165) is 6.26 Å². The van der Waals surface area contributed by atoms with Gasteiger partial charge in [0.05, 0.1) is 18.5 Å². The largest absolute Gasteiger partial charge is 0.348 e. The summed E-state index contributed by atoms with van der Waals surface area (Å²) >= 11 is 5.99. The Balaban J connectivity index is 1.71. The lowest BCUT2D eigenvalue weighted by molar-refractivity contribution is 0.0950. The first-order valence-electron chi connectivity index (χ1n) is 9.08. The first kappa shape index (κ1) is 21.8. The Morgan fingerprint density at radius 3 is 2.37 bits per heavy atom. The van der Waals surface area contributed by atoms with E-state index >= 15 is 0 Å². The molecule has 0 radical (unpaired) electrons. The summed E-state index contributed by atoms with van der Waals surface area (Å²) in [6.07, 6.45) is 1.12. The fourth-order valence-corrected chi connectivity index (χ4v) is 3.94. The van der Waals surface area contributed by atoms with Crippen molar-refractivity contribution in [3.05, 3.63) is 100 Å². The molecule has 0 heterocycles. The highest BCUT2D eigenvalue weighted by Gasteiger charge is 2.18. The Labute approximate surface area is 180 Å². The van der Waals surface area contributed by atoms with Crippen LogP contribution in [-0.2, 0) is 23.1 Å². The van der Waals surface area contributed by atoms with Crippen molar-refractivity contribution in [2.75, 3.05) is 10.6 Å². The number of carbonyl (C=O) groups is 1. The molecule has 156 valence electrons.